The van der Waals surface area contributed by atoms with Gasteiger partial charge in [0.1, 0.15) is 5.52 Å². The maximum Gasteiger partial charge on any atom is 0.238 e. The molecule has 0 bridgehead atoms. The van der Waals surface area contributed by atoms with Crippen LogP contribution in [0.3, 0.4) is 0 Å². The van der Waals surface area contributed by atoms with E-state index >= 15 is 0 Å². The van der Waals surface area contributed by atoms with Gasteiger partial charge in [-0.1, -0.05) is 176 Å². The van der Waals surface area contributed by atoms with Crippen molar-refractivity contribution < 1.29 is 4.42 Å². The van der Waals surface area contributed by atoms with Crippen LogP contribution in [0, 0.1) is 0 Å². The van der Waals surface area contributed by atoms with Gasteiger partial charge in [-0.15, -0.1) is 0 Å². The Balaban J connectivity index is 1.12. The number of hydrogen-bond acceptors (Lipinski definition) is 4. The molecule has 13 rings (SSSR count). The first-order valence-corrected chi connectivity index (χ1v) is 21.2. The summed E-state index contributed by atoms with van der Waals surface area (Å²) in [6.07, 6.45) is 0. The van der Waals surface area contributed by atoms with Gasteiger partial charge in [-0.2, -0.15) is 9.97 Å². The zero-order valence-corrected chi connectivity index (χ0v) is 33.9. The van der Waals surface area contributed by atoms with Crippen molar-refractivity contribution in [2.45, 2.75) is 0 Å². The molecule has 4 aromatic heterocycles. The van der Waals surface area contributed by atoms with Crippen molar-refractivity contribution in [2.75, 3.05) is 0 Å². The topological polar surface area (TPSA) is 61.7 Å². The lowest BCUT2D eigenvalue weighted by molar-refractivity contribution is 0.673. The van der Waals surface area contributed by atoms with E-state index < -0.39 is 0 Å². The molecule has 0 unspecified atom stereocenters. The Labute approximate surface area is 361 Å². The Morgan fingerprint density at radius 1 is 0.317 bits per heavy atom. The molecular weight excluding hydrogens is 771 g/mol. The molecule has 0 spiro atoms. The maximum atomic E-state index is 7.39. The van der Waals surface area contributed by atoms with E-state index in [1.165, 1.54) is 5.39 Å². The van der Waals surface area contributed by atoms with Gasteiger partial charge in [0, 0.05) is 49.0 Å². The fraction of sp³-hybridized carbons (Fsp3) is 0. The number of rotatable bonds is 6. The van der Waals surface area contributed by atoms with Crippen molar-refractivity contribution in [3.05, 3.63) is 212 Å². The SMILES string of the molecule is c1ccc(-c2cccc(-c3nc(-c4ccccc4)nc(-n4c5ccccc5c5ccc6c7ccc8c9ccccc9n(-c9ccccc9-c9ccccc9)c8c7oc6c54)n3)c2)cc1. The number of benzene rings is 9. The first kappa shape index (κ1) is 35.2. The summed E-state index contributed by atoms with van der Waals surface area (Å²) in [4.78, 5) is 15.7. The van der Waals surface area contributed by atoms with Crippen molar-refractivity contribution >= 4 is 65.6 Å². The van der Waals surface area contributed by atoms with Crippen molar-refractivity contribution in [3.63, 3.8) is 0 Å². The van der Waals surface area contributed by atoms with Crippen LogP contribution in [-0.4, -0.2) is 24.1 Å². The zero-order chi connectivity index (χ0) is 41.4. The Morgan fingerprint density at radius 3 is 1.46 bits per heavy atom. The molecule has 0 aliphatic carbocycles. The third kappa shape index (κ3) is 5.48. The number of nitrogens with zero attached hydrogens (tertiary/aromatic N) is 5. The molecule has 0 aliphatic rings. The van der Waals surface area contributed by atoms with Gasteiger partial charge in [0.15, 0.2) is 22.8 Å². The summed E-state index contributed by atoms with van der Waals surface area (Å²) in [7, 11) is 0. The van der Waals surface area contributed by atoms with Crippen molar-refractivity contribution in [1.29, 1.82) is 0 Å². The predicted molar refractivity (Wildman–Crippen MR) is 258 cm³/mol. The molecule has 0 N–H and O–H groups in total. The molecule has 13 aromatic rings. The molecule has 4 heterocycles. The molecule has 63 heavy (non-hydrogen) atoms. The number of furan rings is 1. The van der Waals surface area contributed by atoms with Crippen molar-refractivity contribution in [1.82, 2.24) is 24.1 Å². The summed E-state index contributed by atoms with van der Waals surface area (Å²) in [6.45, 7) is 0. The van der Waals surface area contributed by atoms with Gasteiger partial charge < -0.3 is 8.98 Å². The van der Waals surface area contributed by atoms with E-state index in [-0.39, 0.29) is 0 Å². The number of aromatic nitrogens is 5. The third-order valence-corrected chi connectivity index (χ3v) is 12.4. The van der Waals surface area contributed by atoms with Crippen LogP contribution in [0.15, 0.2) is 217 Å². The van der Waals surface area contributed by atoms with Crippen LogP contribution in [0.2, 0.25) is 0 Å². The third-order valence-electron chi connectivity index (χ3n) is 12.4. The van der Waals surface area contributed by atoms with Crippen LogP contribution in [0.1, 0.15) is 0 Å². The maximum absolute atomic E-state index is 7.39. The number of fused-ring (bicyclic) bond motifs is 11. The molecule has 0 atom stereocenters. The van der Waals surface area contributed by atoms with Crippen LogP contribution >= 0.6 is 0 Å². The lowest BCUT2D eigenvalue weighted by Crippen LogP contribution is -2.06. The van der Waals surface area contributed by atoms with Gasteiger partial charge in [-0.05, 0) is 53.1 Å². The summed E-state index contributed by atoms with van der Waals surface area (Å²) in [5.74, 6) is 1.69. The van der Waals surface area contributed by atoms with E-state index in [0.717, 1.165) is 99.2 Å². The van der Waals surface area contributed by atoms with Gasteiger partial charge in [0.2, 0.25) is 5.95 Å². The highest BCUT2D eigenvalue weighted by molar-refractivity contribution is 6.26. The summed E-state index contributed by atoms with van der Waals surface area (Å²) >= 11 is 0. The van der Waals surface area contributed by atoms with Crippen LogP contribution in [-0.2, 0) is 0 Å². The van der Waals surface area contributed by atoms with Gasteiger partial charge in [0.25, 0.3) is 0 Å². The Hall–Kier alpha value is -8.61. The summed E-state index contributed by atoms with van der Waals surface area (Å²) in [5.41, 5.74) is 13.0. The molecule has 0 aliphatic heterocycles. The van der Waals surface area contributed by atoms with Gasteiger partial charge in [-0.3, -0.25) is 4.57 Å². The fourth-order valence-corrected chi connectivity index (χ4v) is 9.55. The predicted octanol–water partition coefficient (Wildman–Crippen LogP) is 14.6. The van der Waals surface area contributed by atoms with E-state index in [9.17, 15) is 0 Å². The highest BCUT2D eigenvalue weighted by Gasteiger charge is 2.25. The molecule has 0 saturated carbocycles. The fourth-order valence-electron chi connectivity index (χ4n) is 9.55. The lowest BCUT2D eigenvalue weighted by atomic mass is 10.0. The van der Waals surface area contributed by atoms with Crippen molar-refractivity contribution in [2.24, 2.45) is 0 Å². The number of hydrogen-bond donors (Lipinski definition) is 0. The zero-order valence-electron chi connectivity index (χ0n) is 33.9. The second kappa shape index (κ2) is 14.0. The lowest BCUT2D eigenvalue weighted by Gasteiger charge is -2.14. The van der Waals surface area contributed by atoms with Gasteiger partial charge in [0.05, 0.1) is 22.2 Å². The second-order valence-corrected chi connectivity index (χ2v) is 16.0. The molecule has 0 amide bonds. The highest BCUT2D eigenvalue weighted by Crippen LogP contribution is 2.45. The van der Waals surface area contributed by atoms with E-state index in [1.807, 2.05) is 36.4 Å². The van der Waals surface area contributed by atoms with Crippen LogP contribution in [0.25, 0.3) is 122 Å². The molecule has 0 fully saturated rings. The van der Waals surface area contributed by atoms with E-state index in [1.54, 1.807) is 0 Å². The number of para-hydroxylation sites is 3. The van der Waals surface area contributed by atoms with Crippen LogP contribution < -0.4 is 0 Å². The molecule has 0 radical (unpaired) electrons. The minimum atomic E-state index is 0.513. The summed E-state index contributed by atoms with van der Waals surface area (Å²) < 4.78 is 11.9. The highest BCUT2D eigenvalue weighted by atomic mass is 16.3. The van der Waals surface area contributed by atoms with Crippen LogP contribution in [0.4, 0.5) is 0 Å². The Bertz CT molecular complexity index is 3900. The average Bonchev–Trinajstić information content (AvgIpc) is 4.03. The molecule has 6 heteroatoms. The molecule has 294 valence electrons. The average molecular weight is 806 g/mol. The quantitative estimate of drug-likeness (QED) is 0.168. The van der Waals surface area contributed by atoms with Crippen molar-refractivity contribution in [3.8, 4) is 56.7 Å². The molecule has 9 aromatic carbocycles. The summed E-state index contributed by atoms with van der Waals surface area (Å²) in [5, 5.41) is 6.49. The first-order chi connectivity index (χ1) is 31.3. The molecule has 6 nitrogen and oxygen atoms in total. The normalized spacial score (nSPS) is 11.8. The minimum Gasteiger partial charge on any atom is -0.452 e. The van der Waals surface area contributed by atoms with E-state index in [4.69, 9.17) is 19.4 Å². The molecular formula is C57H35N5O. The van der Waals surface area contributed by atoms with Crippen LogP contribution in [0.5, 0.6) is 0 Å². The Morgan fingerprint density at radius 2 is 0.794 bits per heavy atom. The Kier molecular flexibility index (Phi) is 7.80. The standard InChI is InChI=1S/C57H35N5O/c1-4-17-36(18-5-1)39-23-16-24-40(35-39)56-58-55(38-21-8-3-9-22-38)59-57(60-56)62-50-30-15-12-27-43(50)45-32-34-47-46-33-31-44-42-26-11-14-29-49(42)61(51(44)53(46)63-54(47)52(45)62)48-28-13-10-25-41(48)37-19-6-2-7-20-37/h1-35H. The smallest absolute Gasteiger partial charge is 0.238 e. The molecule has 0 saturated heterocycles. The second-order valence-electron chi connectivity index (χ2n) is 16.0. The minimum absolute atomic E-state index is 0.513. The van der Waals surface area contributed by atoms with Gasteiger partial charge in [-0.25, -0.2) is 4.98 Å². The first-order valence-electron chi connectivity index (χ1n) is 21.2. The van der Waals surface area contributed by atoms with E-state index in [0.29, 0.717) is 17.6 Å². The summed E-state index contributed by atoms with van der Waals surface area (Å²) in [6, 6.07) is 74.3. The van der Waals surface area contributed by atoms with E-state index in [2.05, 4.69) is 185 Å². The van der Waals surface area contributed by atoms with Gasteiger partial charge >= 0.3 is 0 Å². The largest absolute Gasteiger partial charge is 0.452 e. The monoisotopic (exact) mass is 805 g/mol.